The molecule has 2 aliphatic rings. The second-order valence-corrected chi connectivity index (χ2v) is 9.21. The van der Waals surface area contributed by atoms with Crippen LogP contribution in [0.4, 0.5) is 0 Å². The summed E-state index contributed by atoms with van der Waals surface area (Å²) in [5.74, 6) is -1.28. The highest BCUT2D eigenvalue weighted by Crippen LogP contribution is 2.40. The number of rotatable bonds is 6. The van der Waals surface area contributed by atoms with Crippen LogP contribution in [0.5, 0.6) is 0 Å². The molecule has 1 saturated heterocycles. The van der Waals surface area contributed by atoms with Gasteiger partial charge in [0.05, 0.1) is 40.4 Å². The Morgan fingerprint density at radius 1 is 1.16 bits per heavy atom. The van der Waals surface area contributed by atoms with Crippen LogP contribution in [0.25, 0.3) is 0 Å². The molecule has 1 atom stereocenters. The van der Waals surface area contributed by atoms with E-state index in [0.29, 0.717) is 36.9 Å². The molecular weight excluding hydrogens is 414 g/mol. The van der Waals surface area contributed by atoms with Crippen molar-refractivity contribution in [1.82, 2.24) is 14.8 Å². The molecule has 0 spiro atoms. The minimum absolute atomic E-state index is 0.141. The first kappa shape index (κ1) is 21.7. The monoisotopic (exact) mass is 441 g/mol. The lowest BCUT2D eigenvalue weighted by molar-refractivity contribution is -0.129. The predicted octanol–water partition coefficient (Wildman–Crippen LogP) is 2.98. The highest BCUT2D eigenvalue weighted by Gasteiger charge is 2.44. The standard InChI is InChI=1S/C23H27N3O4S/c1-14-4-6-17(7-5-14)19-18(20(27)22-15(2)24-16(3)31-22)21(28)23(29)26(19)9-8-25-10-12-30-13-11-25/h4-7,19,28H,8-13H2,1-3H3/t19-/m1/s1. The summed E-state index contributed by atoms with van der Waals surface area (Å²) in [5, 5.41) is 11.6. The molecule has 7 nitrogen and oxygen atoms in total. The minimum Gasteiger partial charge on any atom is -0.503 e. The second kappa shape index (κ2) is 8.90. The van der Waals surface area contributed by atoms with Gasteiger partial charge in [-0.15, -0.1) is 11.3 Å². The number of morpholine rings is 1. The number of benzene rings is 1. The third-order valence-corrected chi connectivity index (χ3v) is 6.88. The van der Waals surface area contributed by atoms with Crippen LogP contribution in [0.1, 0.15) is 37.5 Å². The number of thiazole rings is 1. The lowest BCUT2D eigenvalue weighted by Crippen LogP contribution is -2.43. The quantitative estimate of drug-likeness (QED) is 0.694. The maximum absolute atomic E-state index is 13.5. The first-order valence-corrected chi connectivity index (χ1v) is 11.3. The average molecular weight is 442 g/mol. The van der Waals surface area contributed by atoms with Crippen LogP contribution in [0, 0.1) is 20.8 Å². The van der Waals surface area contributed by atoms with Gasteiger partial charge in [0.15, 0.2) is 5.76 Å². The predicted molar refractivity (Wildman–Crippen MR) is 118 cm³/mol. The summed E-state index contributed by atoms with van der Waals surface area (Å²) in [6.45, 7) is 9.64. The third kappa shape index (κ3) is 4.28. The molecule has 4 rings (SSSR count). The number of ether oxygens (including phenoxy) is 1. The van der Waals surface area contributed by atoms with Gasteiger partial charge in [-0.25, -0.2) is 4.98 Å². The Hall–Kier alpha value is -2.55. The smallest absolute Gasteiger partial charge is 0.290 e. The number of ketones is 1. The minimum atomic E-state index is -0.622. The fourth-order valence-electron chi connectivity index (χ4n) is 4.15. The third-order valence-electron chi connectivity index (χ3n) is 5.81. The zero-order valence-corrected chi connectivity index (χ0v) is 18.9. The number of aryl methyl sites for hydroxylation is 3. The fraction of sp³-hybridized carbons (Fsp3) is 0.435. The molecule has 1 N–H and O–H groups in total. The Kier molecular flexibility index (Phi) is 6.22. The number of carbonyl (C=O) groups is 2. The van der Waals surface area contributed by atoms with Crippen molar-refractivity contribution in [3.8, 4) is 0 Å². The van der Waals surface area contributed by atoms with E-state index in [0.717, 1.165) is 29.2 Å². The number of hydrogen-bond acceptors (Lipinski definition) is 7. The van der Waals surface area contributed by atoms with Crippen LogP contribution in [0.2, 0.25) is 0 Å². The zero-order valence-electron chi connectivity index (χ0n) is 18.1. The van der Waals surface area contributed by atoms with Gasteiger partial charge in [-0.1, -0.05) is 29.8 Å². The summed E-state index contributed by atoms with van der Waals surface area (Å²) >= 11 is 1.29. The molecule has 31 heavy (non-hydrogen) atoms. The number of Topliss-reactive ketones (excluding diaryl/α,β-unsaturated/α-hetero) is 1. The summed E-state index contributed by atoms with van der Waals surface area (Å²) in [4.78, 5) is 35.2. The molecule has 8 heteroatoms. The lowest BCUT2D eigenvalue weighted by Gasteiger charge is -2.31. The Morgan fingerprint density at radius 3 is 2.45 bits per heavy atom. The van der Waals surface area contributed by atoms with E-state index in [1.165, 1.54) is 11.3 Å². The number of aliphatic hydroxyl groups excluding tert-OH is 1. The van der Waals surface area contributed by atoms with Gasteiger partial charge in [-0.05, 0) is 26.3 Å². The van der Waals surface area contributed by atoms with Crippen LogP contribution < -0.4 is 0 Å². The molecule has 1 fully saturated rings. The molecule has 1 aromatic heterocycles. The molecule has 0 aliphatic carbocycles. The van der Waals surface area contributed by atoms with Crippen molar-refractivity contribution in [2.45, 2.75) is 26.8 Å². The van der Waals surface area contributed by atoms with E-state index in [1.807, 2.05) is 38.1 Å². The largest absolute Gasteiger partial charge is 0.503 e. The molecule has 1 aromatic carbocycles. The van der Waals surface area contributed by atoms with Gasteiger partial charge < -0.3 is 14.7 Å². The van der Waals surface area contributed by atoms with Crippen molar-refractivity contribution < 1.29 is 19.4 Å². The van der Waals surface area contributed by atoms with Gasteiger partial charge in [0.25, 0.3) is 5.91 Å². The first-order chi connectivity index (χ1) is 14.9. The molecule has 2 aromatic rings. The van der Waals surface area contributed by atoms with Crippen LogP contribution >= 0.6 is 11.3 Å². The summed E-state index contributed by atoms with van der Waals surface area (Å²) in [5.41, 5.74) is 2.66. The first-order valence-electron chi connectivity index (χ1n) is 10.5. The van der Waals surface area contributed by atoms with Gasteiger partial charge in [0, 0.05) is 26.2 Å². The van der Waals surface area contributed by atoms with E-state index in [-0.39, 0.29) is 11.4 Å². The van der Waals surface area contributed by atoms with Gasteiger partial charge >= 0.3 is 0 Å². The Balaban J connectivity index is 1.69. The van der Waals surface area contributed by atoms with Gasteiger partial charge in [0.1, 0.15) is 0 Å². The molecule has 0 saturated carbocycles. The SMILES string of the molecule is Cc1ccc([C@@H]2C(C(=O)c3sc(C)nc3C)=C(O)C(=O)N2CCN2CCOCC2)cc1. The summed E-state index contributed by atoms with van der Waals surface area (Å²) in [6.07, 6.45) is 0. The summed E-state index contributed by atoms with van der Waals surface area (Å²) < 4.78 is 5.40. The van der Waals surface area contributed by atoms with Crippen molar-refractivity contribution in [2.24, 2.45) is 0 Å². The van der Waals surface area contributed by atoms with Crippen LogP contribution in [0.15, 0.2) is 35.6 Å². The summed E-state index contributed by atoms with van der Waals surface area (Å²) in [7, 11) is 0. The normalized spacial score (nSPS) is 20.0. The highest BCUT2D eigenvalue weighted by molar-refractivity contribution is 7.14. The molecule has 1 amide bonds. The zero-order chi connectivity index (χ0) is 22.1. The van der Waals surface area contributed by atoms with Crippen LogP contribution in [0.3, 0.4) is 0 Å². The molecule has 3 heterocycles. The molecule has 0 bridgehead atoms. The van der Waals surface area contributed by atoms with Crippen LogP contribution in [-0.2, 0) is 9.53 Å². The van der Waals surface area contributed by atoms with E-state index in [4.69, 9.17) is 4.74 Å². The van der Waals surface area contributed by atoms with Crippen molar-refractivity contribution in [3.63, 3.8) is 0 Å². The maximum atomic E-state index is 13.5. The number of nitrogens with zero attached hydrogens (tertiary/aromatic N) is 3. The van der Waals surface area contributed by atoms with Gasteiger partial charge in [0.2, 0.25) is 5.78 Å². The van der Waals surface area contributed by atoms with E-state index >= 15 is 0 Å². The van der Waals surface area contributed by atoms with Crippen molar-refractivity contribution in [3.05, 3.63) is 62.3 Å². The van der Waals surface area contributed by atoms with E-state index in [1.54, 1.807) is 11.8 Å². The molecular formula is C23H27N3O4S. The Morgan fingerprint density at radius 2 is 1.84 bits per heavy atom. The van der Waals surface area contributed by atoms with Crippen LogP contribution in [-0.4, -0.2) is 71.0 Å². The van der Waals surface area contributed by atoms with Crippen molar-refractivity contribution in [1.29, 1.82) is 0 Å². The van der Waals surface area contributed by atoms with Crippen molar-refractivity contribution >= 4 is 23.0 Å². The highest BCUT2D eigenvalue weighted by atomic mass is 32.1. The topological polar surface area (TPSA) is 83.0 Å². The second-order valence-electron chi connectivity index (χ2n) is 8.00. The molecule has 2 aliphatic heterocycles. The van der Waals surface area contributed by atoms with E-state index < -0.39 is 17.7 Å². The fourth-order valence-corrected chi connectivity index (χ4v) is 5.02. The average Bonchev–Trinajstić information content (AvgIpc) is 3.23. The molecule has 0 radical (unpaired) electrons. The number of hydrogen-bond donors (Lipinski definition) is 1. The van der Waals surface area contributed by atoms with E-state index in [9.17, 15) is 14.7 Å². The lowest BCUT2D eigenvalue weighted by atomic mass is 9.94. The van der Waals surface area contributed by atoms with Gasteiger partial charge in [-0.3, -0.25) is 14.5 Å². The maximum Gasteiger partial charge on any atom is 0.290 e. The number of amides is 1. The Bertz CT molecular complexity index is 1020. The van der Waals surface area contributed by atoms with E-state index in [2.05, 4.69) is 9.88 Å². The van der Waals surface area contributed by atoms with Gasteiger partial charge in [-0.2, -0.15) is 0 Å². The number of aliphatic hydroxyl groups is 1. The molecule has 164 valence electrons. The number of carbonyl (C=O) groups excluding carboxylic acids is 2. The van der Waals surface area contributed by atoms with Crippen molar-refractivity contribution in [2.75, 3.05) is 39.4 Å². The molecule has 0 unspecified atom stereocenters. The Labute approximate surface area is 186 Å². The number of aromatic nitrogens is 1. The summed E-state index contributed by atoms with van der Waals surface area (Å²) in [6, 6.07) is 7.14.